The van der Waals surface area contributed by atoms with Gasteiger partial charge in [-0.15, -0.1) is 0 Å². The quantitative estimate of drug-likeness (QED) is 0.477. The van der Waals surface area contributed by atoms with E-state index in [1.165, 1.54) is 11.1 Å². The Balaban J connectivity index is -0.000000231. The molecule has 1 unspecified atom stereocenters. The predicted molar refractivity (Wildman–Crippen MR) is 113 cm³/mol. The number of rotatable bonds is 5. The van der Waals surface area contributed by atoms with Crippen LogP contribution in [0.5, 0.6) is 0 Å². The average Bonchev–Trinajstić information content (AvgIpc) is 2.64. The maximum Gasteiger partial charge on any atom is 0.00865 e. The Kier molecular flexibility index (Phi) is 32.5. The number of benzene rings is 1. The molecule has 0 N–H and O–H groups in total. The van der Waals surface area contributed by atoms with Crippen LogP contribution >= 0.6 is 0 Å². The Labute approximate surface area is 148 Å². The molecule has 23 heavy (non-hydrogen) atoms. The van der Waals surface area contributed by atoms with Gasteiger partial charge in [-0.3, -0.25) is 0 Å². The molecule has 1 aromatic rings. The number of hydrogen-bond acceptors (Lipinski definition) is 0. The molecule has 0 aliphatic rings. The minimum absolute atomic E-state index is 0. The SMILES string of the molecule is C.C=C/C(=C\C=C/C)C(CC)c1ccccc1.CC.CC.CC. The fourth-order valence-electron chi connectivity index (χ4n) is 1.88. The normalized spacial score (nSPS) is 10.5. The highest BCUT2D eigenvalue weighted by Gasteiger charge is 2.10. The van der Waals surface area contributed by atoms with Crippen LogP contribution in [0.3, 0.4) is 0 Å². The summed E-state index contributed by atoms with van der Waals surface area (Å²) >= 11 is 0. The van der Waals surface area contributed by atoms with Gasteiger partial charge in [0, 0.05) is 5.92 Å². The zero-order chi connectivity index (χ0) is 17.8. The van der Waals surface area contributed by atoms with Crippen LogP contribution < -0.4 is 0 Å². The van der Waals surface area contributed by atoms with Crippen LogP contribution in [0.1, 0.15) is 80.7 Å². The van der Waals surface area contributed by atoms with Crippen molar-refractivity contribution >= 4 is 0 Å². The molecule has 0 bridgehead atoms. The van der Waals surface area contributed by atoms with Gasteiger partial charge in [-0.1, -0.05) is 117 Å². The number of allylic oxidation sites excluding steroid dienone is 5. The average molecular weight is 319 g/mol. The zero-order valence-electron chi connectivity index (χ0n) is 16.2. The third kappa shape index (κ3) is 13.8. The fraction of sp³-hybridized carbons (Fsp3) is 0.478. The van der Waals surface area contributed by atoms with E-state index < -0.39 is 0 Å². The second-order valence-electron chi connectivity index (χ2n) is 3.77. The van der Waals surface area contributed by atoms with Gasteiger partial charge in [-0.05, 0) is 24.5 Å². The fourth-order valence-corrected chi connectivity index (χ4v) is 1.88. The molecule has 0 aliphatic heterocycles. The third-order valence-corrected chi connectivity index (χ3v) is 2.73. The van der Waals surface area contributed by atoms with E-state index in [9.17, 15) is 0 Å². The molecule has 0 aromatic heterocycles. The van der Waals surface area contributed by atoms with Crippen molar-refractivity contribution in [1.82, 2.24) is 0 Å². The van der Waals surface area contributed by atoms with E-state index in [4.69, 9.17) is 0 Å². The molecule has 1 aromatic carbocycles. The molecule has 0 heterocycles. The predicted octanol–water partition coefficient (Wildman–Crippen LogP) is 8.58. The lowest BCUT2D eigenvalue weighted by Gasteiger charge is -2.16. The highest BCUT2D eigenvalue weighted by molar-refractivity contribution is 5.36. The van der Waals surface area contributed by atoms with Gasteiger partial charge in [0.15, 0.2) is 0 Å². The summed E-state index contributed by atoms with van der Waals surface area (Å²) in [5.74, 6) is 0.454. The highest BCUT2D eigenvalue weighted by Crippen LogP contribution is 2.28. The lowest BCUT2D eigenvalue weighted by atomic mass is 9.88. The molecule has 0 saturated carbocycles. The van der Waals surface area contributed by atoms with E-state index in [1.807, 2.05) is 60.6 Å². The smallest absolute Gasteiger partial charge is 0.00865 e. The van der Waals surface area contributed by atoms with Crippen molar-refractivity contribution in [3.8, 4) is 0 Å². The van der Waals surface area contributed by atoms with Gasteiger partial charge >= 0.3 is 0 Å². The summed E-state index contributed by atoms with van der Waals surface area (Å²) in [4.78, 5) is 0. The first-order valence-electron chi connectivity index (χ1n) is 8.83. The van der Waals surface area contributed by atoms with Gasteiger partial charge < -0.3 is 0 Å². The van der Waals surface area contributed by atoms with Crippen molar-refractivity contribution in [3.63, 3.8) is 0 Å². The lowest BCUT2D eigenvalue weighted by molar-refractivity contribution is 0.776. The minimum Gasteiger partial charge on any atom is -0.0988 e. The summed E-state index contributed by atoms with van der Waals surface area (Å²) in [5.41, 5.74) is 2.65. The van der Waals surface area contributed by atoms with Crippen molar-refractivity contribution in [2.75, 3.05) is 0 Å². The van der Waals surface area contributed by atoms with Crippen LogP contribution in [0.2, 0.25) is 0 Å². The third-order valence-electron chi connectivity index (χ3n) is 2.73. The monoisotopic (exact) mass is 318 g/mol. The minimum atomic E-state index is 0. The topological polar surface area (TPSA) is 0 Å². The molecule has 0 aliphatic carbocycles. The second kappa shape index (κ2) is 25.4. The first kappa shape index (κ1) is 29.5. The van der Waals surface area contributed by atoms with Crippen molar-refractivity contribution < 1.29 is 0 Å². The summed E-state index contributed by atoms with van der Waals surface area (Å²) in [7, 11) is 0. The molecule has 0 spiro atoms. The summed E-state index contributed by atoms with van der Waals surface area (Å²) in [5, 5.41) is 0. The van der Waals surface area contributed by atoms with Gasteiger partial charge in [0.1, 0.15) is 0 Å². The number of hydrogen-bond donors (Lipinski definition) is 0. The Morgan fingerprint density at radius 1 is 1.00 bits per heavy atom. The van der Waals surface area contributed by atoms with Crippen molar-refractivity contribution in [1.29, 1.82) is 0 Å². The first-order valence-corrected chi connectivity index (χ1v) is 8.83. The van der Waals surface area contributed by atoms with Crippen LogP contribution in [0.25, 0.3) is 0 Å². The molecule has 0 heteroatoms. The first-order chi connectivity index (χ1) is 10.8. The van der Waals surface area contributed by atoms with Gasteiger partial charge in [0.2, 0.25) is 0 Å². The maximum atomic E-state index is 3.91. The van der Waals surface area contributed by atoms with Gasteiger partial charge in [0.25, 0.3) is 0 Å². The van der Waals surface area contributed by atoms with Crippen LogP contribution in [-0.2, 0) is 0 Å². The Hall–Kier alpha value is -1.56. The standard InChI is InChI=1S/C16H20.3C2H6.CH4/c1-4-7-11-14(5-2)16(6-3)15-12-9-8-10-13-15;3*1-2;/h4-5,7-13,16H,2,6H2,1,3H3;3*1-2H3;1H4/b7-4-,14-11+;;;;. The van der Waals surface area contributed by atoms with Crippen LogP contribution in [0.4, 0.5) is 0 Å². The van der Waals surface area contributed by atoms with Crippen LogP contribution in [0.15, 0.2) is 66.8 Å². The molecule has 0 amide bonds. The lowest BCUT2D eigenvalue weighted by Crippen LogP contribution is -1.99. The van der Waals surface area contributed by atoms with Crippen molar-refractivity contribution in [3.05, 3.63) is 72.4 Å². The highest BCUT2D eigenvalue weighted by atomic mass is 14.1. The molecule has 0 fully saturated rings. The molecular formula is C23H42. The van der Waals surface area contributed by atoms with Crippen molar-refractivity contribution in [2.45, 2.75) is 75.2 Å². The van der Waals surface area contributed by atoms with E-state index >= 15 is 0 Å². The van der Waals surface area contributed by atoms with E-state index in [0.29, 0.717) is 5.92 Å². The second-order valence-corrected chi connectivity index (χ2v) is 3.77. The van der Waals surface area contributed by atoms with Gasteiger partial charge in [-0.25, -0.2) is 0 Å². The maximum absolute atomic E-state index is 3.91. The Morgan fingerprint density at radius 3 is 1.83 bits per heavy atom. The zero-order valence-corrected chi connectivity index (χ0v) is 16.2. The van der Waals surface area contributed by atoms with E-state index in [0.717, 1.165) is 6.42 Å². The van der Waals surface area contributed by atoms with E-state index in [2.05, 4.69) is 56.0 Å². The van der Waals surface area contributed by atoms with Crippen molar-refractivity contribution in [2.24, 2.45) is 0 Å². The largest absolute Gasteiger partial charge is 0.0988 e. The summed E-state index contributed by atoms with van der Waals surface area (Å²) in [6.45, 7) is 20.1. The summed E-state index contributed by atoms with van der Waals surface area (Å²) < 4.78 is 0. The molecule has 1 rings (SSSR count). The van der Waals surface area contributed by atoms with Crippen LogP contribution in [-0.4, -0.2) is 0 Å². The van der Waals surface area contributed by atoms with Gasteiger partial charge in [0.05, 0.1) is 0 Å². The molecule has 0 saturated heterocycles. The molecule has 0 nitrogen and oxygen atoms in total. The Morgan fingerprint density at radius 2 is 1.48 bits per heavy atom. The van der Waals surface area contributed by atoms with Crippen LogP contribution in [0, 0.1) is 0 Å². The van der Waals surface area contributed by atoms with E-state index in [1.54, 1.807) is 0 Å². The summed E-state index contributed by atoms with van der Waals surface area (Å²) in [6, 6.07) is 10.6. The summed E-state index contributed by atoms with van der Waals surface area (Å²) in [6.07, 6.45) is 9.32. The molecule has 134 valence electrons. The Bertz CT molecular complexity index is 368. The molecule has 1 atom stereocenters. The van der Waals surface area contributed by atoms with Gasteiger partial charge in [-0.2, -0.15) is 0 Å². The molecular weight excluding hydrogens is 276 g/mol. The van der Waals surface area contributed by atoms with E-state index in [-0.39, 0.29) is 7.43 Å². The molecule has 0 radical (unpaired) electrons.